The van der Waals surface area contributed by atoms with Crippen molar-refractivity contribution >= 4 is 17.3 Å². The molecule has 0 aliphatic heterocycles. The summed E-state index contributed by atoms with van der Waals surface area (Å²) in [4.78, 5) is 11.5. The first-order valence-corrected chi connectivity index (χ1v) is 7.04. The monoisotopic (exact) mass is 290 g/mol. The van der Waals surface area contributed by atoms with Crippen molar-refractivity contribution in [1.29, 1.82) is 0 Å². The van der Waals surface area contributed by atoms with Gasteiger partial charge < -0.3 is 5.11 Å². The molecule has 1 heterocycles. The van der Waals surface area contributed by atoms with E-state index < -0.39 is 24.2 Å². The summed E-state index contributed by atoms with van der Waals surface area (Å²) in [6.07, 6.45) is -0.656. The smallest absolute Gasteiger partial charge is 0.303 e. The number of hydrogen-bond donors (Lipinski definition) is 1. The van der Waals surface area contributed by atoms with Gasteiger partial charge in [0.15, 0.2) is 0 Å². The van der Waals surface area contributed by atoms with Crippen LogP contribution in [0.1, 0.15) is 50.3 Å². The lowest BCUT2D eigenvalue weighted by molar-refractivity contribution is -0.138. The highest BCUT2D eigenvalue weighted by Crippen LogP contribution is 2.41. The second-order valence-electron chi connectivity index (χ2n) is 6.03. The minimum absolute atomic E-state index is 0.0228. The van der Waals surface area contributed by atoms with Crippen molar-refractivity contribution in [2.75, 3.05) is 0 Å². The Kier molecular flexibility index (Phi) is 4.72. The third-order valence-electron chi connectivity index (χ3n) is 2.83. The molecule has 0 aliphatic carbocycles. The summed E-state index contributed by atoms with van der Waals surface area (Å²) < 4.78 is 28.2. The van der Waals surface area contributed by atoms with Gasteiger partial charge in [0.05, 0.1) is 4.88 Å². The van der Waals surface area contributed by atoms with E-state index in [-0.39, 0.29) is 16.7 Å². The molecule has 19 heavy (non-hydrogen) atoms. The lowest BCUT2D eigenvalue weighted by Gasteiger charge is -2.19. The minimum atomic E-state index is -2.96. The van der Waals surface area contributed by atoms with E-state index in [2.05, 4.69) is 0 Å². The number of aliphatic carboxylic acids is 1. The largest absolute Gasteiger partial charge is 0.481 e. The van der Waals surface area contributed by atoms with Gasteiger partial charge in [-0.15, -0.1) is 11.3 Å². The number of rotatable bonds is 5. The van der Waals surface area contributed by atoms with E-state index in [0.717, 1.165) is 16.2 Å². The van der Waals surface area contributed by atoms with Gasteiger partial charge >= 0.3 is 5.97 Å². The zero-order valence-corrected chi connectivity index (χ0v) is 12.5. The molecule has 0 amide bonds. The van der Waals surface area contributed by atoms with E-state index in [1.54, 1.807) is 13.0 Å². The first-order chi connectivity index (χ1) is 8.52. The molecule has 0 bridgehead atoms. The van der Waals surface area contributed by atoms with E-state index in [1.165, 1.54) is 6.07 Å². The highest BCUT2D eigenvalue weighted by atomic mass is 32.1. The number of hydrogen-bond acceptors (Lipinski definition) is 2. The third-order valence-corrected chi connectivity index (χ3v) is 4.46. The van der Waals surface area contributed by atoms with Crippen LogP contribution in [0.2, 0.25) is 0 Å². The minimum Gasteiger partial charge on any atom is -0.481 e. The molecular weight excluding hydrogens is 270 g/mol. The first kappa shape index (κ1) is 16.1. The van der Waals surface area contributed by atoms with Crippen LogP contribution >= 0.6 is 11.3 Å². The van der Waals surface area contributed by atoms with Gasteiger partial charge in [-0.1, -0.05) is 27.7 Å². The normalized spacial score (nSPS) is 14.4. The predicted molar refractivity (Wildman–Crippen MR) is 72.9 cm³/mol. The summed E-state index contributed by atoms with van der Waals surface area (Å²) in [5.41, 5.74) is -0.147. The lowest BCUT2D eigenvalue weighted by Crippen LogP contribution is -2.18. The molecule has 1 aromatic heterocycles. The quantitative estimate of drug-likeness (QED) is 0.858. The van der Waals surface area contributed by atoms with Gasteiger partial charge in [-0.2, -0.15) is 0 Å². The second kappa shape index (κ2) is 5.57. The lowest BCUT2D eigenvalue weighted by atomic mass is 9.95. The zero-order valence-electron chi connectivity index (χ0n) is 11.7. The van der Waals surface area contributed by atoms with Crippen LogP contribution in [-0.4, -0.2) is 11.1 Å². The number of carboxylic acids is 1. The Bertz CT molecular complexity index is 447. The van der Waals surface area contributed by atoms with Gasteiger partial charge in [0.25, 0.3) is 5.92 Å². The van der Waals surface area contributed by atoms with Crippen LogP contribution in [0.5, 0.6) is 0 Å². The third kappa shape index (κ3) is 4.56. The van der Waals surface area contributed by atoms with Crippen molar-refractivity contribution < 1.29 is 18.7 Å². The molecule has 2 nitrogen and oxygen atoms in total. The Morgan fingerprint density at radius 3 is 2.26 bits per heavy atom. The van der Waals surface area contributed by atoms with E-state index in [9.17, 15) is 13.6 Å². The Morgan fingerprint density at radius 2 is 1.84 bits per heavy atom. The number of carboxylic acid groups (broad SMARTS) is 1. The standard InChI is InChI=1S/C14H20F2O2S/c1-9(7-12(17)18)8-14(15,16)11-6-5-10(19-11)13(2,3)4/h5-6,9H,7-8H2,1-4H3,(H,17,18). The fourth-order valence-corrected chi connectivity index (χ4v) is 2.89. The molecular formula is C14H20F2O2S. The molecule has 0 spiro atoms. The van der Waals surface area contributed by atoms with Gasteiger partial charge in [0, 0.05) is 17.7 Å². The molecule has 0 radical (unpaired) electrons. The molecule has 1 N–H and O–H groups in total. The van der Waals surface area contributed by atoms with E-state index in [4.69, 9.17) is 5.11 Å². The van der Waals surface area contributed by atoms with Crippen LogP contribution in [0, 0.1) is 5.92 Å². The van der Waals surface area contributed by atoms with Crippen LogP contribution in [0.25, 0.3) is 0 Å². The predicted octanol–water partition coefficient (Wildman–Crippen LogP) is 4.64. The summed E-state index contributed by atoms with van der Waals surface area (Å²) >= 11 is 1.11. The maximum atomic E-state index is 14.1. The maximum absolute atomic E-state index is 14.1. The van der Waals surface area contributed by atoms with Crippen molar-refractivity contribution in [1.82, 2.24) is 0 Å². The van der Waals surface area contributed by atoms with Gasteiger partial charge in [0.1, 0.15) is 0 Å². The molecule has 0 saturated carbocycles. The van der Waals surface area contributed by atoms with Crippen molar-refractivity contribution in [3.8, 4) is 0 Å². The number of carbonyl (C=O) groups is 1. The topological polar surface area (TPSA) is 37.3 Å². The number of alkyl halides is 2. The molecule has 1 aromatic rings. The molecule has 0 aliphatic rings. The first-order valence-electron chi connectivity index (χ1n) is 6.23. The van der Waals surface area contributed by atoms with Crippen molar-refractivity contribution in [3.05, 3.63) is 21.9 Å². The van der Waals surface area contributed by atoms with Gasteiger partial charge in [-0.25, -0.2) is 8.78 Å². The van der Waals surface area contributed by atoms with Gasteiger partial charge in [0.2, 0.25) is 0 Å². The Morgan fingerprint density at radius 1 is 1.32 bits per heavy atom. The summed E-state index contributed by atoms with van der Waals surface area (Å²) in [6, 6.07) is 3.19. The maximum Gasteiger partial charge on any atom is 0.303 e. The Labute approximate surface area is 116 Å². The van der Waals surface area contributed by atoms with Crippen molar-refractivity contribution in [2.45, 2.75) is 51.9 Å². The highest BCUT2D eigenvalue weighted by molar-refractivity contribution is 7.12. The number of halogens is 2. The molecule has 1 unspecified atom stereocenters. The number of thiophene rings is 1. The van der Waals surface area contributed by atoms with Crippen LogP contribution in [-0.2, 0) is 16.1 Å². The molecule has 0 saturated heterocycles. The zero-order chi connectivity index (χ0) is 14.8. The van der Waals surface area contributed by atoms with E-state index in [0.29, 0.717) is 0 Å². The van der Waals surface area contributed by atoms with Crippen LogP contribution in [0.4, 0.5) is 8.78 Å². The molecule has 5 heteroatoms. The van der Waals surface area contributed by atoms with Crippen molar-refractivity contribution in [2.24, 2.45) is 5.92 Å². The fourth-order valence-electron chi connectivity index (χ4n) is 1.85. The summed E-state index contributed by atoms with van der Waals surface area (Å²) in [7, 11) is 0. The molecule has 0 fully saturated rings. The van der Waals surface area contributed by atoms with Crippen molar-refractivity contribution in [3.63, 3.8) is 0 Å². The highest BCUT2D eigenvalue weighted by Gasteiger charge is 2.36. The Balaban J connectivity index is 2.82. The fraction of sp³-hybridized carbons (Fsp3) is 0.643. The summed E-state index contributed by atoms with van der Waals surface area (Å²) in [5.74, 6) is -4.54. The average molecular weight is 290 g/mol. The average Bonchev–Trinajstić information content (AvgIpc) is 2.62. The van der Waals surface area contributed by atoms with Crippen LogP contribution < -0.4 is 0 Å². The van der Waals surface area contributed by atoms with Crippen LogP contribution in [0.15, 0.2) is 12.1 Å². The van der Waals surface area contributed by atoms with E-state index >= 15 is 0 Å². The molecule has 0 aromatic carbocycles. The molecule has 1 rings (SSSR count). The second-order valence-corrected chi connectivity index (χ2v) is 7.11. The Hall–Kier alpha value is -0.970. The summed E-state index contributed by atoms with van der Waals surface area (Å²) in [5, 5.41) is 8.62. The van der Waals surface area contributed by atoms with Gasteiger partial charge in [-0.3, -0.25) is 4.79 Å². The van der Waals surface area contributed by atoms with E-state index in [1.807, 2.05) is 20.8 Å². The molecule has 108 valence electrons. The van der Waals surface area contributed by atoms with Gasteiger partial charge in [-0.05, 0) is 23.5 Å². The SMILES string of the molecule is CC(CC(=O)O)CC(F)(F)c1ccc(C(C)(C)C)s1. The molecule has 1 atom stereocenters. The van der Waals surface area contributed by atoms with Crippen LogP contribution in [0.3, 0.4) is 0 Å². The summed E-state index contributed by atoms with van der Waals surface area (Å²) in [6.45, 7) is 7.48.